The van der Waals surface area contributed by atoms with E-state index >= 15 is 0 Å². The van der Waals surface area contributed by atoms with Gasteiger partial charge in [-0.3, -0.25) is 0 Å². The Hall–Kier alpha value is -1.69. The summed E-state index contributed by atoms with van der Waals surface area (Å²) < 4.78 is 226. The lowest BCUT2D eigenvalue weighted by Gasteiger charge is -2.43. The highest BCUT2D eigenvalue weighted by atomic mass is 35.5. The molecule has 0 saturated carbocycles. The third-order valence-electron chi connectivity index (χ3n) is 3.76. The molecule has 1 atom stereocenters. The lowest BCUT2D eigenvalue weighted by Crippen LogP contribution is -2.75. The Labute approximate surface area is 175 Å². The lowest BCUT2D eigenvalue weighted by atomic mass is 9.88. The maximum atomic E-state index is 13.7. The van der Waals surface area contributed by atoms with Crippen molar-refractivity contribution in [2.24, 2.45) is 0 Å². The van der Waals surface area contributed by atoms with E-state index in [-0.39, 0.29) is 0 Å². The van der Waals surface area contributed by atoms with Crippen molar-refractivity contribution < 1.29 is 84.2 Å². The molecule has 33 heavy (non-hydrogen) atoms. The number of rotatable bonds is 9. The Morgan fingerprint density at radius 2 is 0.909 bits per heavy atom. The fraction of sp³-hybridized carbons (Fsp3) is 0.769. The molecule has 0 aromatic carbocycles. The first-order chi connectivity index (χ1) is 14.0. The molecule has 0 fully saturated rings. The number of halogens is 18. The van der Waals surface area contributed by atoms with Crippen molar-refractivity contribution in [3.8, 4) is 0 Å². The van der Waals surface area contributed by atoms with E-state index in [9.17, 15) is 79.4 Å². The molecule has 0 N–H and O–H groups in total. The van der Waals surface area contributed by atoms with Crippen LogP contribution in [0.25, 0.3) is 0 Å². The molecule has 0 spiro atoms. The first kappa shape index (κ1) is 31.3. The predicted molar refractivity (Wildman–Crippen MR) is 71.2 cm³/mol. The molecule has 0 aromatic rings. The second kappa shape index (κ2) is 8.21. The molecule has 0 heterocycles. The van der Waals surface area contributed by atoms with Crippen LogP contribution in [-0.4, -0.2) is 59.7 Å². The van der Waals surface area contributed by atoms with Crippen molar-refractivity contribution in [3.63, 3.8) is 0 Å². The van der Waals surface area contributed by atoms with Gasteiger partial charge in [0.2, 0.25) is 0 Å². The minimum absolute atomic E-state index is 0.440. The number of hydrogen-bond acceptors (Lipinski definition) is 2. The van der Waals surface area contributed by atoms with Crippen LogP contribution in [0, 0.1) is 0 Å². The van der Waals surface area contributed by atoms with Gasteiger partial charge in [0.15, 0.2) is 6.10 Å². The zero-order chi connectivity index (χ0) is 27.4. The van der Waals surface area contributed by atoms with Crippen LogP contribution in [-0.2, 0) is 9.53 Å². The highest BCUT2D eigenvalue weighted by molar-refractivity contribution is 6.40. The SMILES string of the molecule is C=C(Cl)C(=O)OC(C)C(F)(F)C(F)(F)C(F)(F)C(F)(F)C(F)(F)C(F)(F)C(F)(F)C(F)(F)F. The quantitative estimate of drug-likeness (QED) is 0.181. The molecule has 0 aliphatic rings. The van der Waals surface area contributed by atoms with Crippen LogP contribution in [0.3, 0.4) is 0 Å². The minimum atomic E-state index is -8.73. The Bertz CT molecular complexity index is 769. The first-order valence-corrected chi connectivity index (χ1v) is 7.64. The Kier molecular flexibility index (Phi) is 7.79. The van der Waals surface area contributed by atoms with Gasteiger partial charge in [-0.25, -0.2) is 4.79 Å². The van der Waals surface area contributed by atoms with Crippen LogP contribution in [0.15, 0.2) is 11.6 Å². The summed E-state index contributed by atoms with van der Waals surface area (Å²) in [5, 5.41) is -1.40. The summed E-state index contributed by atoms with van der Waals surface area (Å²) >= 11 is 4.77. The van der Waals surface area contributed by atoms with Gasteiger partial charge in [-0.05, 0) is 6.92 Å². The Morgan fingerprint density at radius 1 is 0.636 bits per heavy atom. The van der Waals surface area contributed by atoms with Gasteiger partial charge in [0.05, 0.1) is 0 Å². The van der Waals surface area contributed by atoms with Gasteiger partial charge in [-0.15, -0.1) is 0 Å². The molecule has 0 radical (unpaired) electrons. The van der Waals surface area contributed by atoms with Crippen molar-refractivity contribution in [1.29, 1.82) is 0 Å². The number of alkyl halides is 17. The van der Waals surface area contributed by atoms with E-state index in [0.29, 0.717) is 0 Å². The third kappa shape index (κ3) is 4.28. The zero-order valence-electron chi connectivity index (χ0n) is 14.9. The summed E-state index contributed by atoms with van der Waals surface area (Å²) in [4.78, 5) is 10.9. The summed E-state index contributed by atoms with van der Waals surface area (Å²) in [6, 6.07) is 0. The van der Waals surface area contributed by atoms with Crippen molar-refractivity contribution >= 4 is 17.6 Å². The van der Waals surface area contributed by atoms with E-state index in [1.807, 2.05) is 0 Å². The van der Waals surface area contributed by atoms with Gasteiger partial charge in [0.1, 0.15) is 5.03 Å². The second-order valence-electron chi connectivity index (χ2n) is 6.02. The molecule has 0 rings (SSSR count). The van der Waals surface area contributed by atoms with E-state index < -0.39 is 71.7 Å². The van der Waals surface area contributed by atoms with E-state index in [4.69, 9.17) is 11.6 Å². The van der Waals surface area contributed by atoms with E-state index in [1.54, 1.807) is 0 Å². The minimum Gasteiger partial charge on any atom is -0.452 e. The van der Waals surface area contributed by atoms with Gasteiger partial charge in [0.25, 0.3) is 0 Å². The van der Waals surface area contributed by atoms with Crippen LogP contribution >= 0.6 is 11.6 Å². The molecule has 0 saturated heterocycles. The molecule has 0 aromatic heterocycles. The molecule has 0 aliphatic carbocycles. The van der Waals surface area contributed by atoms with Gasteiger partial charge < -0.3 is 4.74 Å². The molecule has 0 amide bonds. The lowest BCUT2D eigenvalue weighted by molar-refractivity contribution is -0.463. The third-order valence-corrected chi connectivity index (χ3v) is 3.92. The maximum absolute atomic E-state index is 13.7. The molecule has 20 heteroatoms. The second-order valence-corrected chi connectivity index (χ2v) is 6.48. The topological polar surface area (TPSA) is 26.3 Å². The summed E-state index contributed by atoms with van der Waals surface area (Å²) in [6.45, 7) is 2.05. The molecular weight excluding hydrogens is 547 g/mol. The van der Waals surface area contributed by atoms with Crippen LogP contribution in [0.4, 0.5) is 74.6 Å². The fourth-order valence-corrected chi connectivity index (χ4v) is 1.77. The van der Waals surface area contributed by atoms with Crippen molar-refractivity contribution in [2.45, 2.75) is 60.7 Å². The average molecular weight is 553 g/mol. The number of hydrogen-bond donors (Lipinski definition) is 0. The molecule has 0 aliphatic heterocycles. The smallest absolute Gasteiger partial charge is 0.452 e. The highest BCUT2D eigenvalue weighted by Gasteiger charge is 2.95. The van der Waals surface area contributed by atoms with Crippen LogP contribution in [0.1, 0.15) is 6.92 Å². The molecular formula is C13H6ClF17O2. The standard InChI is InChI=1S/C13H6ClF17O2/c1-3(14)5(32)33-4(2)6(15,16)7(17,18)8(19,20)9(21,22)10(23,24)11(25,26)12(27,28)13(29,30)31/h4H,1H2,2H3. The molecule has 2 nitrogen and oxygen atoms in total. The normalized spacial score (nSPS) is 16.5. The summed E-state index contributed by atoms with van der Waals surface area (Å²) in [5.41, 5.74) is 0. The van der Waals surface area contributed by atoms with Crippen molar-refractivity contribution in [3.05, 3.63) is 11.6 Å². The molecule has 196 valence electrons. The monoisotopic (exact) mass is 552 g/mol. The van der Waals surface area contributed by atoms with E-state index in [0.717, 1.165) is 0 Å². The molecule has 1 unspecified atom stereocenters. The van der Waals surface area contributed by atoms with Crippen molar-refractivity contribution in [1.82, 2.24) is 0 Å². The van der Waals surface area contributed by atoms with Gasteiger partial charge >= 0.3 is 53.6 Å². The number of carbonyl (C=O) groups is 1. The van der Waals surface area contributed by atoms with Crippen LogP contribution < -0.4 is 0 Å². The summed E-state index contributed by atoms with van der Waals surface area (Å²) in [7, 11) is 0. The average Bonchev–Trinajstić information content (AvgIpc) is 2.59. The maximum Gasteiger partial charge on any atom is 0.460 e. The predicted octanol–water partition coefficient (Wildman–Crippen LogP) is 6.68. The fourth-order valence-electron chi connectivity index (χ4n) is 1.73. The van der Waals surface area contributed by atoms with Crippen molar-refractivity contribution in [2.75, 3.05) is 0 Å². The van der Waals surface area contributed by atoms with Gasteiger partial charge in [0, 0.05) is 0 Å². The van der Waals surface area contributed by atoms with Gasteiger partial charge in [-0.2, -0.15) is 74.6 Å². The van der Waals surface area contributed by atoms with E-state index in [1.165, 1.54) is 0 Å². The summed E-state index contributed by atoms with van der Waals surface area (Å²) in [6.07, 6.45) is -11.8. The Morgan fingerprint density at radius 3 is 1.18 bits per heavy atom. The first-order valence-electron chi connectivity index (χ1n) is 7.27. The Balaban J connectivity index is 6.70. The summed E-state index contributed by atoms with van der Waals surface area (Å²) in [5.74, 6) is -59.8. The zero-order valence-corrected chi connectivity index (χ0v) is 15.7. The highest BCUT2D eigenvalue weighted by Crippen LogP contribution is 2.64. The van der Waals surface area contributed by atoms with Crippen LogP contribution in [0.2, 0.25) is 0 Å². The van der Waals surface area contributed by atoms with Gasteiger partial charge in [-0.1, -0.05) is 18.2 Å². The van der Waals surface area contributed by atoms with Crippen LogP contribution in [0.5, 0.6) is 0 Å². The number of ether oxygens (including phenoxy) is 1. The number of carbonyl (C=O) groups excluding carboxylic acids is 1. The number of esters is 1. The largest absolute Gasteiger partial charge is 0.460 e. The molecule has 0 bridgehead atoms. The van der Waals surface area contributed by atoms with E-state index in [2.05, 4.69) is 11.3 Å².